The van der Waals surface area contributed by atoms with Gasteiger partial charge in [0, 0.05) is 24.8 Å². The number of nitrogens with zero attached hydrogens (tertiary/aromatic N) is 1. The Kier molecular flexibility index (Phi) is 4.68. The lowest BCUT2D eigenvalue weighted by molar-refractivity contribution is 0.0939. The first-order valence-electron chi connectivity index (χ1n) is 7.53. The lowest BCUT2D eigenvalue weighted by atomic mass is 10.1. The molecule has 5 nitrogen and oxygen atoms in total. The van der Waals surface area contributed by atoms with E-state index in [1.807, 2.05) is 18.2 Å². The number of hydrogen-bond acceptors (Lipinski definition) is 4. The van der Waals surface area contributed by atoms with Crippen molar-refractivity contribution in [1.29, 1.82) is 0 Å². The van der Waals surface area contributed by atoms with Gasteiger partial charge in [0.2, 0.25) is 0 Å². The normalized spacial score (nSPS) is 19.5. The van der Waals surface area contributed by atoms with Crippen LogP contribution in [0.15, 0.2) is 60.9 Å². The van der Waals surface area contributed by atoms with Gasteiger partial charge in [-0.3, -0.25) is 9.78 Å². The van der Waals surface area contributed by atoms with Crippen LogP contribution in [0, 0.1) is 5.92 Å². The largest absolute Gasteiger partial charge is 0.455 e. The molecule has 5 heteroatoms. The SMILES string of the molecule is O=C(N[C@@H]1C=C[C@H](CO)C1)c1ccccc1Oc1cccnc1. The zero-order chi connectivity index (χ0) is 16.1. The fourth-order valence-corrected chi connectivity index (χ4v) is 2.54. The Labute approximate surface area is 134 Å². The summed E-state index contributed by atoms with van der Waals surface area (Å²) in [5, 5.41) is 12.1. The second kappa shape index (κ2) is 7.07. The highest BCUT2D eigenvalue weighted by Gasteiger charge is 2.21. The van der Waals surface area contributed by atoms with Crippen molar-refractivity contribution in [2.45, 2.75) is 12.5 Å². The number of nitrogens with one attached hydrogen (secondary N) is 1. The quantitative estimate of drug-likeness (QED) is 0.833. The van der Waals surface area contributed by atoms with E-state index in [-0.39, 0.29) is 24.5 Å². The van der Waals surface area contributed by atoms with E-state index in [0.29, 0.717) is 23.5 Å². The van der Waals surface area contributed by atoms with Crippen molar-refractivity contribution in [3.8, 4) is 11.5 Å². The van der Waals surface area contributed by atoms with Gasteiger partial charge in [-0.2, -0.15) is 0 Å². The number of aliphatic hydroxyl groups is 1. The molecule has 0 radical (unpaired) electrons. The first-order valence-corrected chi connectivity index (χ1v) is 7.53. The Morgan fingerprint density at radius 1 is 1.26 bits per heavy atom. The Balaban J connectivity index is 1.72. The van der Waals surface area contributed by atoms with Gasteiger partial charge in [-0.05, 0) is 30.7 Å². The van der Waals surface area contributed by atoms with Crippen LogP contribution in [-0.4, -0.2) is 28.6 Å². The molecule has 1 aromatic heterocycles. The number of pyridine rings is 1. The molecule has 2 aromatic rings. The number of carbonyl (C=O) groups is 1. The summed E-state index contributed by atoms with van der Waals surface area (Å²) in [6.07, 6.45) is 7.83. The highest BCUT2D eigenvalue weighted by atomic mass is 16.5. The van der Waals surface area contributed by atoms with E-state index in [9.17, 15) is 4.79 Å². The highest BCUT2D eigenvalue weighted by Crippen LogP contribution is 2.25. The topological polar surface area (TPSA) is 71.5 Å². The maximum atomic E-state index is 12.5. The number of aromatic nitrogens is 1. The van der Waals surface area contributed by atoms with Crippen LogP contribution in [0.4, 0.5) is 0 Å². The van der Waals surface area contributed by atoms with Crippen LogP contribution in [0.3, 0.4) is 0 Å². The van der Waals surface area contributed by atoms with E-state index >= 15 is 0 Å². The van der Waals surface area contributed by atoms with Gasteiger partial charge in [-0.25, -0.2) is 0 Å². The second-order valence-electron chi connectivity index (χ2n) is 5.43. The zero-order valence-electron chi connectivity index (χ0n) is 12.6. The Morgan fingerprint density at radius 2 is 2.13 bits per heavy atom. The molecule has 1 aliphatic carbocycles. The van der Waals surface area contributed by atoms with Crippen LogP contribution in [0.2, 0.25) is 0 Å². The molecular formula is C18H18N2O3. The van der Waals surface area contributed by atoms with Crippen LogP contribution >= 0.6 is 0 Å². The fourth-order valence-electron chi connectivity index (χ4n) is 2.54. The minimum Gasteiger partial charge on any atom is -0.455 e. The van der Waals surface area contributed by atoms with Gasteiger partial charge in [0.25, 0.3) is 5.91 Å². The Morgan fingerprint density at radius 3 is 2.87 bits per heavy atom. The summed E-state index contributed by atoms with van der Waals surface area (Å²) in [6.45, 7) is 0.101. The van der Waals surface area contributed by atoms with Gasteiger partial charge in [0.15, 0.2) is 0 Å². The molecule has 0 bridgehead atoms. The van der Waals surface area contributed by atoms with Gasteiger partial charge >= 0.3 is 0 Å². The predicted molar refractivity (Wildman–Crippen MR) is 86.3 cm³/mol. The number of benzene rings is 1. The fraction of sp³-hybridized carbons (Fsp3) is 0.222. The zero-order valence-corrected chi connectivity index (χ0v) is 12.6. The summed E-state index contributed by atoms with van der Waals surface area (Å²) in [4.78, 5) is 16.5. The molecule has 0 fully saturated rings. The Hall–Kier alpha value is -2.66. The predicted octanol–water partition coefficient (Wildman–Crippen LogP) is 2.54. The van der Waals surface area contributed by atoms with Crippen molar-refractivity contribution in [2.24, 2.45) is 5.92 Å². The van der Waals surface area contributed by atoms with E-state index < -0.39 is 0 Å². The van der Waals surface area contributed by atoms with Gasteiger partial charge in [-0.15, -0.1) is 0 Å². The summed E-state index contributed by atoms with van der Waals surface area (Å²) in [5.41, 5.74) is 0.470. The average Bonchev–Trinajstić information content (AvgIpc) is 3.04. The third-order valence-corrected chi connectivity index (χ3v) is 3.72. The first kappa shape index (κ1) is 15.2. The van der Waals surface area contributed by atoms with Crippen LogP contribution < -0.4 is 10.1 Å². The summed E-state index contributed by atoms with van der Waals surface area (Å²) >= 11 is 0. The molecule has 2 N–H and O–H groups in total. The molecule has 1 amide bonds. The minimum atomic E-state index is -0.197. The highest BCUT2D eigenvalue weighted by molar-refractivity contribution is 5.97. The molecular weight excluding hydrogens is 292 g/mol. The van der Waals surface area contributed by atoms with Gasteiger partial charge < -0.3 is 15.2 Å². The van der Waals surface area contributed by atoms with Gasteiger partial charge in [0.1, 0.15) is 11.5 Å². The lowest BCUT2D eigenvalue weighted by Gasteiger charge is -2.15. The molecule has 0 aliphatic heterocycles. The molecule has 118 valence electrons. The number of amides is 1. The van der Waals surface area contributed by atoms with Crippen LogP contribution in [-0.2, 0) is 0 Å². The van der Waals surface area contributed by atoms with Crippen molar-refractivity contribution >= 4 is 5.91 Å². The van der Waals surface area contributed by atoms with Crippen LogP contribution in [0.5, 0.6) is 11.5 Å². The summed E-state index contributed by atoms with van der Waals surface area (Å²) < 4.78 is 5.76. The molecule has 1 heterocycles. The van der Waals surface area contributed by atoms with Crippen LogP contribution in [0.1, 0.15) is 16.8 Å². The molecule has 0 saturated carbocycles. The average molecular weight is 310 g/mol. The van der Waals surface area contributed by atoms with Gasteiger partial charge in [-0.1, -0.05) is 24.3 Å². The van der Waals surface area contributed by atoms with E-state index in [0.717, 1.165) is 0 Å². The summed E-state index contributed by atoms with van der Waals surface area (Å²) in [5.74, 6) is 0.979. The van der Waals surface area contributed by atoms with E-state index in [1.165, 1.54) is 0 Å². The molecule has 0 saturated heterocycles. The third kappa shape index (κ3) is 3.76. The maximum Gasteiger partial charge on any atom is 0.255 e. The van der Waals surface area contributed by atoms with Gasteiger partial charge in [0.05, 0.1) is 11.8 Å². The number of rotatable bonds is 5. The standard InChI is InChI=1S/C18H18N2O3/c21-12-13-7-8-14(10-13)20-18(22)16-5-1-2-6-17(16)23-15-4-3-9-19-11-15/h1-9,11,13-14,21H,10,12H2,(H,20,22)/t13-,14+/m0/s1. The number of carbonyl (C=O) groups excluding carboxylic acids is 1. The Bertz CT molecular complexity index is 700. The van der Waals surface area contributed by atoms with Crippen LogP contribution in [0.25, 0.3) is 0 Å². The minimum absolute atomic E-state index is 0.0638. The van der Waals surface area contributed by atoms with E-state index in [1.54, 1.807) is 42.7 Å². The molecule has 2 atom stereocenters. The summed E-state index contributed by atoms with van der Waals surface area (Å²) in [7, 11) is 0. The number of aliphatic hydroxyl groups excluding tert-OH is 1. The lowest BCUT2D eigenvalue weighted by Crippen LogP contribution is -2.33. The third-order valence-electron chi connectivity index (χ3n) is 3.72. The number of para-hydroxylation sites is 1. The second-order valence-corrected chi connectivity index (χ2v) is 5.43. The first-order chi connectivity index (χ1) is 11.3. The van der Waals surface area contributed by atoms with Crippen molar-refractivity contribution in [3.63, 3.8) is 0 Å². The van der Waals surface area contributed by atoms with Crippen molar-refractivity contribution in [3.05, 3.63) is 66.5 Å². The number of hydrogen-bond donors (Lipinski definition) is 2. The van der Waals surface area contributed by atoms with E-state index in [2.05, 4.69) is 10.3 Å². The molecule has 1 aromatic carbocycles. The molecule has 0 unspecified atom stereocenters. The summed E-state index contributed by atoms with van der Waals surface area (Å²) in [6, 6.07) is 10.6. The molecule has 3 rings (SSSR count). The number of ether oxygens (including phenoxy) is 1. The molecule has 23 heavy (non-hydrogen) atoms. The molecule has 0 spiro atoms. The molecule has 1 aliphatic rings. The smallest absolute Gasteiger partial charge is 0.255 e. The van der Waals surface area contributed by atoms with Crippen molar-refractivity contribution in [2.75, 3.05) is 6.61 Å². The van der Waals surface area contributed by atoms with E-state index in [4.69, 9.17) is 9.84 Å². The monoisotopic (exact) mass is 310 g/mol. The van der Waals surface area contributed by atoms with Crippen molar-refractivity contribution in [1.82, 2.24) is 10.3 Å². The van der Waals surface area contributed by atoms with Crippen molar-refractivity contribution < 1.29 is 14.6 Å². The maximum absolute atomic E-state index is 12.5.